The van der Waals surface area contributed by atoms with Gasteiger partial charge in [0.2, 0.25) is 0 Å². The van der Waals surface area contributed by atoms with E-state index in [1.54, 1.807) is 36.6 Å². The Hall–Kier alpha value is -1.04. The molecule has 106 valence electrons. The molecule has 1 aromatic heterocycles. The van der Waals surface area contributed by atoms with Gasteiger partial charge in [0.05, 0.1) is 9.35 Å². The molecule has 20 heavy (non-hydrogen) atoms. The van der Waals surface area contributed by atoms with Crippen LogP contribution in [0.25, 0.3) is 0 Å². The van der Waals surface area contributed by atoms with Crippen LogP contribution in [0, 0.1) is 0 Å². The van der Waals surface area contributed by atoms with Crippen molar-refractivity contribution >= 4 is 50.5 Å². The van der Waals surface area contributed by atoms with Gasteiger partial charge >= 0.3 is 0 Å². The third-order valence-corrected chi connectivity index (χ3v) is 4.70. The van der Waals surface area contributed by atoms with Gasteiger partial charge in [-0.1, -0.05) is 11.6 Å². The first-order valence-electron chi connectivity index (χ1n) is 6.10. The van der Waals surface area contributed by atoms with Crippen molar-refractivity contribution in [3.8, 4) is 0 Å². The van der Waals surface area contributed by atoms with Crippen molar-refractivity contribution in [3.63, 3.8) is 0 Å². The lowest BCUT2D eigenvalue weighted by Crippen LogP contribution is -2.26. The number of carbonyl (C=O) groups excluding carboxylic acids is 1. The van der Waals surface area contributed by atoms with E-state index in [1.807, 2.05) is 6.07 Å². The Morgan fingerprint density at radius 1 is 1.35 bits per heavy atom. The number of halogens is 2. The zero-order valence-electron chi connectivity index (χ0n) is 10.9. The van der Waals surface area contributed by atoms with Gasteiger partial charge in [-0.3, -0.25) is 4.79 Å². The van der Waals surface area contributed by atoms with Crippen molar-refractivity contribution in [1.29, 1.82) is 0 Å². The number of benzene rings is 1. The summed E-state index contributed by atoms with van der Waals surface area (Å²) in [5.74, 6) is -0.118. The molecular formula is C14H14BrClN2OS. The highest BCUT2D eigenvalue weighted by atomic mass is 79.9. The zero-order valence-corrected chi connectivity index (χ0v) is 14.0. The molecular weight excluding hydrogens is 360 g/mol. The molecule has 0 atom stereocenters. The van der Waals surface area contributed by atoms with Gasteiger partial charge in [0.1, 0.15) is 0 Å². The molecule has 0 fully saturated rings. The van der Waals surface area contributed by atoms with Crippen LogP contribution in [0.1, 0.15) is 15.2 Å². The molecule has 0 aliphatic heterocycles. The van der Waals surface area contributed by atoms with Gasteiger partial charge in [-0.2, -0.15) is 0 Å². The number of thiophene rings is 1. The van der Waals surface area contributed by atoms with E-state index in [4.69, 9.17) is 11.6 Å². The van der Waals surface area contributed by atoms with E-state index in [9.17, 15) is 4.79 Å². The Labute approximate surface area is 135 Å². The van der Waals surface area contributed by atoms with Crippen LogP contribution in [-0.4, -0.2) is 19.5 Å². The monoisotopic (exact) mass is 372 g/mol. The maximum Gasteiger partial charge on any atom is 0.253 e. The SMILES string of the molecule is CNc1ccc(Cl)cc1C(=O)NCCc1ccc(Br)s1. The molecule has 1 amide bonds. The van der Waals surface area contributed by atoms with E-state index in [0.717, 1.165) is 15.9 Å². The summed E-state index contributed by atoms with van der Waals surface area (Å²) in [5, 5.41) is 6.46. The lowest BCUT2D eigenvalue weighted by Gasteiger charge is -2.10. The minimum absolute atomic E-state index is 0.118. The predicted octanol–water partition coefficient (Wildman–Crippen LogP) is 4.18. The largest absolute Gasteiger partial charge is 0.387 e. The number of rotatable bonds is 5. The van der Waals surface area contributed by atoms with Crippen molar-refractivity contribution in [2.45, 2.75) is 6.42 Å². The van der Waals surface area contributed by atoms with Crippen LogP contribution in [0.15, 0.2) is 34.1 Å². The van der Waals surface area contributed by atoms with Crippen molar-refractivity contribution in [2.24, 2.45) is 0 Å². The second-order valence-electron chi connectivity index (χ2n) is 4.15. The summed E-state index contributed by atoms with van der Waals surface area (Å²) in [6.07, 6.45) is 0.817. The van der Waals surface area contributed by atoms with Crippen LogP contribution < -0.4 is 10.6 Å². The molecule has 0 saturated carbocycles. The van der Waals surface area contributed by atoms with Crippen LogP contribution in [0.5, 0.6) is 0 Å². The Bertz CT molecular complexity index is 615. The molecule has 6 heteroatoms. The molecule has 1 heterocycles. The average Bonchev–Trinajstić information content (AvgIpc) is 2.84. The summed E-state index contributed by atoms with van der Waals surface area (Å²) >= 11 is 11.0. The molecule has 0 saturated heterocycles. The highest BCUT2D eigenvalue weighted by Crippen LogP contribution is 2.22. The van der Waals surface area contributed by atoms with Crippen molar-refractivity contribution in [3.05, 3.63) is 49.6 Å². The summed E-state index contributed by atoms with van der Waals surface area (Å²) in [4.78, 5) is 13.4. The molecule has 0 radical (unpaired) electrons. The van der Waals surface area contributed by atoms with Crippen LogP contribution in [0.2, 0.25) is 5.02 Å². The Morgan fingerprint density at radius 3 is 2.80 bits per heavy atom. The fourth-order valence-corrected chi connectivity index (χ4v) is 3.46. The fourth-order valence-electron chi connectivity index (χ4n) is 1.80. The molecule has 0 spiro atoms. The second-order valence-corrected chi connectivity index (χ2v) is 7.14. The van der Waals surface area contributed by atoms with Crippen LogP contribution >= 0.6 is 38.9 Å². The summed E-state index contributed by atoms with van der Waals surface area (Å²) in [5.41, 5.74) is 1.33. The Balaban J connectivity index is 1.96. The van der Waals surface area contributed by atoms with E-state index < -0.39 is 0 Å². The molecule has 0 unspecified atom stereocenters. The maximum absolute atomic E-state index is 12.2. The second kappa shape index (κ2) is 7.11. The Morgan fingerprint density at radius 2 is 2.15 bits per heavy atom. The van der Waals surface area contributed by atoms with Gasteiger partial charge in [0.25, 0.3) is 5.91 Å². The maximum atomic E-state index is 12.2. The Kier molecular flexibility index (Phi) is 5.46. The van der Waals surface area contributed by atoms with E-state index in [0.29, 0.717) is 17.1 Å². The lowest BCUT2D eigenvalue weighted by atomic mass is 10.1. The molecule has 0 aliphatic carbocycles. The number of carbonyl (C=O) groups is 1. The molecule has 3 nitrogen and oxygen atoms in total. The number of anilines is 1. The lowest BCUT2D eigenvalue weighted by molar-refractivity contribution is 0.0955. The number of hydrogen-bond donors (Lipinski definition) is 2. The highest BCUT2D eigenvalue weighted by molar-refractivity contribution is 9.11. The predicted molar refractivity (Wildman–Crippen MR) is 89.1 cm³/mol. The molecule has 2 rings (SSSR count). The van der Waals surface area contributed by atoms with Crippen molar-refractivity contribution in [2.75, 3.05) is 18.9 Å². The van der Waals surface area contributed by atoms with Gasteiger partial charge < -0.3 is 10.6 Å². The number of hydrogen-bond acceptors (Lipinski definition) is 3. The summed E-state index contributed by atoms with van der Waals surface area (Å²) in [6.45, 7) is 0.599. The van der Waals surface area contributed by atoms with E-state index in [-0.39, 0.29) is 5.91 Å². The van der Waals surface area contributed by atoms with Gasteiger partial charge in [-0.05, 0) is 52.7 Å². The van der Waals surface area contributed by atoms with E-state index >= 15 is 0 Å². The highest BCUT2D eigenvalue weighted by Gasteiger charge is 2.11. The van der Waals surface area contributed by atoms with E-state index in [2.05, 4.69) is 32.6 Å². The zero-order chi connectivity index (χ0) is 14.5. The molecule has 2 aromatic rings. The first-order valence-corrected chi connectivity index (χ1v) is 8.08. The normalized spacial score (nSPS) is 10.3. The first kappa shape index (κ1) is 15.4. The number of amides is 1. The summed E-state index contributed by atoms with van der Waals surface area (Å²) in [6, 6.07) is 9.29. The molecule has 0 bridgehead atoms. The van der Waals surface area contributed by atoms with Gasteiger partial charge in [0.15, 0.2) is 0 Å². The summed E-state index contributed by atoms with van der Waals surface area (Å²) in [7, 11) is 1.78. The minimum Gasteiger partial charge on any atom is -0.387 e. The third-order valence-electron chi connectivity index (χ3n) is 2.78. The van der Waals surface area contributed by atoms with Gasteiger partial charge in [0, 0.05) is 29.2 Å². The van der Waals surface area contributed by atoms with Crippen LogP contribution in [0.3, 0.4) is 0 Å². The third kappa shape index (κ3) is 3.98. The van der Waals surface area contributed by atoms with Crippen LogP contribution in [-0.2, 0) is 6.42 Å². The van der Waals surface area contributed by atoms with Crippen molar-refractivity contribution in [1.82, 2.24) is 5.32 Å². The topological polar surface area (TPSA) is 41.1 Å². The van der Waals surface area contributed by atoms with Gasteiger partial charge in [-0.25, -0.2) is 0 Å². The van der Waals surface area contributed by atoms with Gasteiger partial charge in [-0.15, -0.1) is 11.3 Å². The quantitative estimate of drug-likeness (QED) is 0.825. The molecule has 0 aliphatic rings. The number of nitrogens with one attached hydrogen (secondary N) is 2. The average molecular weight is 374 g/mol. The minimum atomic E-state index is -0.118. The standard InChI is InChI=1S/C14H14BrClN2OS/c1-17-12-4-2-9(16)8-11(12)14(19)18-7-6-10-3-5-13(15)20-10/h2-5,8,17H,6-7H2,1H3,(H,18,19). The van der Waals surface area contributed by atoms with Crippen molar-refractivity contribution < 1.29 is 4.79 Å². The molecule has 2 N–H and O–H groups in total. The van der Waals surface area contributed by atoms with E-state index in [1.165, 1.54) is 4.88 Å². The summed E-state index contributed by atoms with van der Waals surface area (Å²) < 4.78 is 1.10. The first-order chi connectivity index (χ1) is 9.60. The smallest absolute Gasteiger partial charge is 0.253 e. The van der Waals surface area contributed by atoms with Crippen LogP contribution in [0.4, 0.5) is 5.69 Å². The fraction of sp³-hybridized carbons (Fsp3) is 0.214. The molecule has 1 aromatic carbocycles.